The zero-order chi connectivity index (χ0) is 26.6. The van der Waals surface area contributed by atoms with E-state index < -0.39 is 46.8 Å². The Balaban J connectivity index is 1.70. The number of imide groups is 1. The second-order valence-corrected chi connectivity index (χ2v) is 8.09. The van der Waals surface area contributed by atoms with Gasteiger partial charge in [0.05, 0.1) is 17.5 Å². The van der Waals surface area contributed by atoms with E-state index in [9.17, 15) is 36.3 Å². The molecule has 0 aliphatic heterocycles. The summed E-state index contributed by atoms with van der Waals surface area (Å²) in [4.78, 5) is 41.8. The van der Waals surface area contributed by atoms with Crippen molar-refractivity contribution >= 4 is 40.5 Å². The molecular formula is C22H16F5N5O3S. The van der Waals surface area contributed by atoms with Crippen molar-refractivity contribution in [2.45, 2.75) is 13.1 Å². The van der Waals surface area contributed by atoms with Crippen LogP contribution in [0.3, 0.4) is 0 Å². The molecule has 0 fully saturated rings. The molecule has 0 aliphatic rings. The van der Waals surface area contributed by atoms with Crippen LogP contribution in [0, 0.1) is 18.6 Å². The van der Waals surface area contributed by atoms with Crippen LogP contribution in [-0.2, 0) is 6.18 Å². The summed E-state index contributed by atoms with van der Waals surface area (Å²) >= 11 is 0.715. The number of nitrogens with zero attached hydrogens (tertiary/aromatic N) is 3. The summed E-state index contributed by atoms with van der Waals surface area (Å²) in [7, 11) is 1.20. The van der Waals surface area contributed by atoms with Crippen LogP contribution >= 0.6 is 11.3 Å². The largest absolute Gasteiger partial charge is 0.417 e. The standard InChI is InChI=1S/C22H16F5N5O3S/c1-11-17(19(34)31-28-10-12-6-3-4-7-13(12)22(25,26)27)36-21(29-11)32(2)20(35)30-18(33)16-14(23)8-5-9-15(16)24/h3-10H,1-2H3,(H,31,34)(H,30,33,35)/b28-10+. The van der Waals surface area contributed by atoms with Crippen LogP contribution in [0.5, 0.6) is 0 Å². The molecule has 36 heavy (non-hydrogen) atoms. The molecule has 0 spiro atoms. The Labute approximate surface area is 204 Å². The highest BCUT2D eigenvalue weighted by atomic mass is 32.1. The Kier molecular flexibility index (Phi) is 7.77. The van der Waals surface area contributed by atoms with Gasteiger partial charge in [-0.15, -0.1) is 0 Å². The number of hydrogen-bond acceptors (Lipinski definition) is 6. The van der Waals surface area contributed by atoms with E-state index in [4.69, 9.17) is 0 Å². The number of amides is 4. The first kappa shape index (κ1) is 26.4. The minimum absolute atomic E-state index is 0.0163. The first-order valence-corrected chi connectivity index (χ1v) is 10.7. The molecule has 2 aromatic carbocycles. The SMILES string of the molecule is Cc1nc(N(C)C(=O)NC(=O)c2c(F)cccc2F)sc1C(=O)N/N=C/c1ccccc1C(F)(F)F. The number of hydrazone groups is 1. The highest BCUT2D eigenvalue weighted by Gasteiger charge is 2.32. The summed E-state index contributed by atoms with van der Waals surface area (Å²) in [5, 5.41) is 5.33. The Bertz CT molecular complexity index is 1340. The van der Waals surface area contributed by atoms with Gasteiger partial charge in [-0.3, -0.25) is 19.8 Å². The highest BCUT2D eigenvalue weighted by Crippen LogP contribution is 2.31. The summed E-state index contributed by atoms with van der Waals surface area (Å²) < 4.78 is 66.7. The molecule has 14 heteroatoms. The van der Waals surface area contributed by atoms with Crippen molar-refractivity contribution in [3.05, 3.63) is 81.4 Å². The number of thiazole rings is 1. The Morgan fingerprint density at radius 3 is 2.31 bits per heavy atom. The Morgan fingerprint density at radius 1 is 1.03 bits per heavy atom. The molecule has 0 unspecified atom stereocenters. The van der Waals surface area contributed by atoms with Gasteiger partial charge in [-0.2, -0.15) is 18.3 Å². The molecule has 2 N–H and O–H groups in total. The molecule has 3 aromatic rings. The average molecular weight is 525 g/mol. The van der Waals surface area contributed by atoms with Crippen molar-refractivity contribution in [2.75, 3.05) is 11.9 Å². The molecule has 0 saturated heterocycles. The normalized spacial score (nSPS) is 11.4. The molecule has 0 saturated carbocycles. The number of anilines is 1. The molecule has 1 heterocycles. The van der Waals surface area contributed by atoms with Crippen LogP contribution in [-0.4, -0.2) is 36.1 Å². The minimum Gasteiger partial charge on any atom is -0.273 e. The van der Waals surface area contributed by atoms with E-state index in [1.807, 2.05) is 5.32 Å². The second kappa shape index (κ2) is 10.6. The number of alkyl halides is 3. The van der Waals surface area contributed by atoms with Gasteiger partial charge in [0.1, 0.15) is 22.1 Å². The highest BCUT2D eigenvalue weighted by molar-refractivity contribution is 7.17. The molecule has 188 valence electrons. The third kappa shape index (κ3) is 5.89. The second-order valence-electron chi connectivity index (χ2n) is 7.11. The molecular weight excluding hydrogens is 509 g/mol. The van der Waals surface area contributed by atoms with Gasteiger partial charge in [-0.1, -0.05) is 35.6 Å². The van der Waals surface area contributed by atoms with Crippen molar-refractivity contribution < 1.29 is 36.3 Å². The lowest BCUT2D eigenvalue weighted by atomic mass is 10.1. The fraction of sp³-hybridized carbons (Fsp3) is 0.136. The summed E-state index contributed by atoms with van der Waals surface area (Å²) in [6.45, 7) is 1.43. The van der Waals surface area contributed by atoms with Crippen molar-refractivity contribution in [2.24, 2.45) is 5.10 Å². The predicted octanol–water partition coefficient (Wildman–Crippen LogP) is 4.50. The quantitative estimate of drug-likeness (QED) is 0.291. The molecule has 0 radical (unpaired) electrons. The van der Waals surface area contributed by atoms with Crippen molar-refractivity contribution in [3.63, 3.8) is 0 Å². The predicted molar refractivity (Wildman–Crippen MR) is 121 cm³/mol. The molecule has 1 aromatic heterocycles. The van der Waals surface area contributed by atoms with Crippen LogP contribution in [0.2, 0.25) is 0 Å². The van der Waals surface area contributed by atoms with Gasteiger partial charge in [0.2, 0.25) is 0 Å². The molecule has 4 amide bonds. The first-order chi connectivity index (χ1) is 16.9. The van der Waals surface area contributed by atoms with E-state index in [2.05, 4.69) is 15.5 Å². The summed E-state index contributed by atoms with van der Waals surface area (Å²) in [6, 6.07) is 6.32. The Hall–Kier alpha value is -4.20. The number of aryl methyl sites for hydroxylation is 1. The molecule has 0 bridgehead atoms. The van der Waals surface area contributed by atoms with Crippen molar-refractivity contribution in [3.8, 4) is 0 Å². The summed E-state index contributed by atoms with van der Waals surface area (Å²) in [6.07, 6.45) is -3.77. The summed E-state index contributed by atoms with van der Waals surface area (Å²) in [5.74, 6) is -4.45. The maximum absolute atomic E-state index is 13.8. The maximum Gasteiger partial charge on any atom is 0.417 e. The Morgan fingerprint density at radius 2 is 1.67 bits per heavy atom. The monoisotopic (exact) mass is 525 g/mol. The smallest absolute Gasteiger partial charge is 0.273 e. The van der Waals surface area contributed by atoms with E-state index in [1.165, 1.54) is 32.2 Å². The van der Waals surface area contributed by atoms with Gasteiger partial charge < -0.3 is 0 Å². The maximum atomic E-state index is 13.8. The third-order valence-electron chi connectivity index (χ3n) is 4.63. The van der Waals surface area contributed by atoms with Gasteiger partial charge in [0, 0.05) is 12.6 Å². The third-order valence-corrected chi connectivity index (χ3v) is 5.86. The van der Waals surface area contributed by atoms with E-state index in [0.717, 1.165) is 35.4 Å². The van der Waals surface area contributed by atoms with E-state index in [0.29, 0.717) is 11.3 Å². The van der Waals surface area contributed by atoms with Gasteiger partial charge in [-0.05, 0) is 25.1 Å². The van der Waals surface area contributed by atoms with Crippen LogP contribution in [0.1, 0.15) is 36.9 Å². The van der Waals surface area contributed by atoms with Crippen molar-refractivity contribution in [1.29, 1.82) is 0 Å². The lowest BCUT2D eigenvalue weighted by molar-refractivity contribution is -0.137. The van der Waals surface area contributed by atoms with Gasteiger partial charge >= 0.3 is 12.2 Å². The molecule has 8 nitrogen and oxygen atoms in total. The van der Waals surface area contributed by atoms with Gasteiger partial charge in [-0.25, -0.2) is 24.0 Å². The number of benzene rings is 2. The summed E-state index contributed by atoms with van der Waals surface area (Å²) in [5.41, 5.74) is 0.106. The van der Waals surface area contributed by atoms with Crippen LogP contribution in [0.4, 0.5) is 31.9 Å². The number of urea groups is 1. The van der Waals surface area contributed by atoms with Crippen LogP contribution in [0.15, 0.2) is 47.6 Å². The van der Waals surface area contributed by atoms with Crippen molar-refractivity contribution in [1.82, 2.24) is 15.7 Å². The van der Waals surface area contributed by atoms with Crippen LogP contribution < -0.4 is 15.6 Å². The van der Waals surface area contributed by atoms with E-state index >= 15 is 0 Å². The number of carbonyl (C=O) groups is 3. The average Bonchev–Trinajstić information content (AvgIpc) is 3.19. The zero-order valence-corrected chi connectivity index (χ0v) is 19.3. The van der Waals surface area contributed by atoms with Crippen LogP contribution in [0.25, 0.3) is 0 Å². The number of rotatable bonds is 5. The molecule has 3 rings (SSSR count). The fourth-order valence-electron chi connectivity index (χ4n) is 2.86. The van der Waals surface area contributed by atoms with Gasteiger partial charge in [0.15, 0.2) is 5.13 Å². The zero-order valence-electron chi connectivity index (χ0n) is 18.5. The molecule has 0 aliphatic carbocycles. The first-order valence-electron chi connectivity index (χ1n) is 9.90. The number of carbonyl (C=O) groups excluding carboxylic acids is 3. The van der Waals surface area contributed by atoms with E-state index in [1.54, 1.807) is 0 Å². The number of halogens is 5. The topological polar surface area (TPSA) is 104 Å². The molecule has 0 atom stereocenters. The van der Waals surface area contributed by atoms with E-state index in [-0.39, 0.29) is 21.3 Å². The number of hydrogen-bond donors (Lipinski definition) is 2. The lowest BCUT2D eigenvalue weighted by Crippen LogP contribution is -2.41. The minimum atomic E-state index is -4.61. The lowest BCUT2D eigenvalue weighted by Gasteiger charge is -2.14. The fourth-order valence-corrected chi connectivity index (χ4v) is 3.78. The number of aromatic nitrogens is 1. The van der Waals surface area contributed by atoms with Gasteiger partial charge in [0.25, 0.3) is 11.8 Å². The number of nitrogens with one attached hydrogen (secondary N) is 2.